The van der Waals surface area contributed by atoms with Gasteiger partial charge in [-0.15, -0.1) is 10.2 Å². The molecule has 110 valence electrons. The van der Waals surface area contributed by atoms with Crippen molar-refractivity contribution in [3.05, 3.63) is 42.0 Å². The Morgan fingerprint density at radius 1 is 1.29 bits per heavy atom. The zero-order valence-corrected chi connectivity index (χ0v) is 12.1. The molecule has 3 heterocycles. The van der Waals surface area contributed by atoms with Crippen molar-refractivity contribution in [1.82, 2.24) is 25.0 Å². The molecule has 0 bridgehead atoms. The number of fused-ring (bicyclic) bond motifs is 2. The summed E-state index contributed by atoms with van der Waals surface area (Å²) in [5, 5.41) is 11.7. The van der Waals surface area contributed by atoms with Gasteiger partial charge in [0.25, 0.3) is 0 Å². The molecule has 0 fully saturated rings. The summed E-state index contributed by atoms with van der Waals surface area (Å²) in [6, 6.07) is 8.88. The molecule has 0 amide bonds. The Labute approximate surface area is 123 Å². The van der Waals surface area contributed by atoms with E-state index >= 15 is 0 Å². The van der Waals surface area contributed by atoms with Gasteiger partial charge in [0.2, 0.25) is 0 Å². The van der Waals surface area contributed by atoms with E-state index in [9.17, 15) is 0 Å². The fourth-order valence-electron chi connectivity index (χ4n) is 3.38. The minimum atomic E-state index is 0.282. The summed E-state index contributed by atoms with van der Waals surface area (Å²) in [5.41, 5.74) is 1.24. The predicted molar refractivity (Wildman–Crippen MR) is 78.0 cm³/mol. The van der Waals surface area contributed by atoms with E-state index in [1.165, 1.54) is 5.56 Å². The van der Waals surface area contributed by atoms with Crippen LogP contribution in [0.1, 0.15) is 17.4 Å². The highest BCUT2D eigenvalue weighted by Gasteiger charge is 2.35. The van der Waals surface area contributed by atoms with Crippen LogP contribution in [0.4, 0.5) is 0 Å². The maximum atomic E-state index is 5.97. The number of ether oxygens (including phenoxy) is 1. The highest BCUT2D eigenvalue weighted by molar-refractivity contribution is 5.38. The van der Waals surface area contributed by atoms with Crippen molar-refractivity contribution in [2.24, 2.45) is 0 Å². The highest BCUT2D eigenvalue weighted by atomic mass is 16.5. The van der Waals surface area contributed by atoms with E-state index in [0.717, 1.165) is 31.2 Å². The SMILES string of the molecule is CNC1c2ccccc2OCC1N1CCn2cnnc2C1. The van der Waals surface area contributed by atoms with Gasteiger partial charge >= 0.3 is 0 Å². The van der Waals surface area contributed by atoms with Gasteiger partial charge in [-0.05, 0) is 13.1 Å². The van der Waals surface area contributed by atoms with Crippen LogP contribution in [0, 0.1) is 0 Å². The number of likely N-dealkylation sites (N-methyl/N-ethyl adjacent to an activating group) is 1. The van der Waals surface area contributed by atoms with Crippen LogP contribution < -0.4 is 10.1 Å². The summed E-state index contributed by atoms with van der Waals surface area (Å²) in [4.78, 5) is 2.45. The Balaban J connectivity index is 1.61. The molecule has 2 aliphatic heterocycles. The topological polar surface area (TPSA) is 55.2 Å². The van der Waals surface area contributed by atoms with Gasteiger partial charge in [0.1, 0.15) is 24.5 Å². The zero-order chi connectivity index (χ0) is 14.2. The van der Waals surface area contributed by atoms with Crippen LogP contribution in [0.25, 0.3) is 0 Å². The first-order valence-electron chi connectivity index (χ1n) is 7.36. The summed E-state index contributed by atoms with van der Waals surface area (Å²) >= 11 is 0. The Morgan fingerprint density at radius 3 is 3.10 bits per heavy atom. The van der Waals surface area contributed by atoms with Crippen molar-refractivity contribution in [2.45, 2.75) is 25.2 Å². The minimum absolute atomic E-state index is 0.282. The van der Waals surface area contributed by atoms with E-state index in [1.54, 1.807) is 0 Å². The lowest BCUT2D eigenvalue weighted by molar-refractivity contribution is 0.0660. The molecule has 2 atom stereocenters. The average Bonchev–Trinajstić information content (AvgIpc) is 3.01. The molecule has 0 saturated carbocycles. The normalized spacial score (nSPS) is 25.0. The summed E-state index contributed by atoms with van der Waals surface area (Å²) < 4.78 is 8.09. The van der Waals surface area contributed by atoms with Crippen molar-refractivity contribution >= 4 is 0 Å². The maximum absolute atomic E-state index is 5.97. The average molecular weight is 285 g/mol. The Bertz CT molecular complexity index is 640. The molecule has 2 unspecified atom stereocenters. The largest absolute Gasteiger partial charge is 0.492 e. The van der Waals surface area contributed by atoms with Crippen LogP contribution in [0.3, 0.4) is 0 Å². The van der Waals surface area contributed by atoms with Gasteiger partial charge in [-0.2, -0.15) is 0 Å². The minimum Gasteiger partial charge on any atom is -0.492 e. The molecule has 0 saturated heterocycles. The van der Waals surface area contributed by atoms with Gasteiger partial charge in [-0.25, -0.2) is 0 Å². The molecule has 1 N–H and O–H groups in total. The molecular formula is C15H19N5O. The number of para-hydroxylation sites is 1. The Morgan fingerprint density at radius 2 is 2.19 bits per heavy atom. The van der Waals surface area contributed by atoms with Crippen LogP contribution in [0.15, 0.2) is 30.6 Å². The fourth-order valence-corrected chi connectivity index (χ4v) is 3.38. The highest BCUT2D eigenvalue weighted by Crippen LogP contribution is 2.34. The molecule has 0 spiro atoms. The standard InChI is InChI=1S/C15H19N5O/c1-16-15-11-4-2-3-5-13(11)21-9-12(15)19-6-7-20-10-17-18-14(20)8-19/h2-5,10,12,15-16H,6-9H2,1H3. The molecule has 6 nitrogen and oxygen atoms in total. The molecule has 1 aromatic heterocycles. The number of rotatable bonds is 2. The summed E-state index contributed by atoms with van der Waals surface area (Å²) in [6.45, 7) is 3.47. The lowest BCUT2D eigenvalue weighted by atomic mass is 9.95. The van der Waals surface area contributed by atoms with Crippen LogP contribution in [0.2, 0.25) is 0 Å². The molecule has 1 aromatic carbocycles. The molecule has 21 heavy (non-hydrogen) atoms. The Hall–Kier alpha value is -1.92. The molecule has 6 heteroatoms. The summed E-state index contributed by atoms with van der Waals surface area (Å²) in [7, 11) is 2.02. The summed E-state index contributed by atoms with van der Waals surface area (Å²) in [6.07, 6.45) is 1.81. The van der Waals surface area contributed by atoms with Crippen molar-refractivity contribution in [1.29, 1.82) is 0 Å². The fraction of sp³-hybridized carbons (Fsp3) is 0.467. The number of benzene rings is 1. The molecular weight excluding hydrogens is 266 g/mol. The van der Waals surface area contributed by atoms with Crippen molar-refractivity contribution in [2.75, 3.05) is 20.2 Å². The third-order valence-corrected chi connectivity index (χ3v) is 4.50. The first-order valence-corrected chi connectivity index (χ1v) is 7.36. The van der Waals surface area contributed by atoms with Gasteiger partial charge in [0.15, 0.2) is 0 Å². The number of hydrogen-bond acceptors (Lipinski definition) is 5. The molecule has 4 rings (SSSR count). The molecule has 2 aliphatic rings. The van der Waals surface area contributed by atoms with E-state index < -0.39 is 0 Å². The zero-order valence-electron chi connectivity index (χ0n) is 12.1. The van der Waals surface area contributed by atoms with Gasteiger partial charge in [-0.1, -0.05) is 18.2 Å². The second kappa shape index (κ2) is 5.13. The van der Waals surface area contributed by atoms with Gasteiger partial charge in [0.05, 0.1) is 18.6 Å². The van der Waals surface area contributed by atoms with Crippen molar-refractivity contribution in [3.63, 3.8) is 0 Å². The van der Waals surface area contributed by atoms with Crippen LogP contribution in [0.5, 0.6) is 5.75 Å². The third kappa shape index (κ3) is 2.11. The van der Waals surface area contributed by atoms with Crippen molar-refractivity contribution in [3.8, 4) is 5.75 Å². The Kier molecular flexibility index (Phi) is 3.12. The second-order valence-electron chi connectivity index (χ2n) is 5.59. The lowest BCUT2D eigenvalue weighted by Crippen LogP contribution is -2.51. The van der Waals surface area contributed by atoms with Gasteiger partial charge < -0.3 is 14.6 Å². The third-order valence-electron chi connectivity index (χ3n) is 4.50. The summed E-state index contributed by atoms with van der Waals surface area (Å²) in [5.74, 6) is 2.03. The van der Waals surface area contributed by atoms with Gasteiger partial charge in [-0.3, -0.25) is 4.90 Å². The first-order chi connectivity index (χ1) is 10.4. The van der Waals surface area contributed by atoms with E-state index in [1.807, 2.05) is 25.5 Å². The van der Waals surface area contributed by atoms with Crippen LogP contribution in [-0.4, -0.2) is 45.9 Å². The number of aromatic nitrogens is 3. The number of nitrogens with one attached hydrogen (secondary N) is 1. The van der Waals surface area contributed by atoms with E-state index in [4.69, 9.17) is 4.74 Å². The van der Waals surface area contributed by atoms with Crippen LogP contribution >= 0.6 is 0 Å². The molecule has 2 aromatic rings. The molecule has 0 aliphatic carbocycles. The first kappa shape index (κ1) is 12.8. The number of hydrogen-bond donors (Lipinski definition) is 1. The smallest absolute Gasteiger partial charge is 0.147 e. The monoisotopic (exact) mass is 285 g/mol. The predicted octanol–water partition coefficient (Wildman–Crippen LogP) is 0.815. The number of nitrogens with zero attached hydrogens (tertiary/aromatic N) is 4. The van der Waals surface area contributed by atoms with E-state index in [-0.39, 0.29) is 6.04 Å². The van der Waals surface area contributed by atoms with Crippen LogP contribution in [-0.2, 0) is 13.1 Å². The van der Waals surface area contributed by atoms with E-state index in [0.29, 0.717) is 12.6 Å². The van der Waals surface area contributed by atoms with E-state index in [2.05, 4.69) is 37.1 Å². The maximum Gasteiger partial charge on any atom is 0.147 e. The second-order valence-corrected chi connectivity index (χ2v) is 5.59. The van der Waals surface area contributed by atoms with Gasteiger partial charge in [0, 0.05) is 18.7 Å². The quantitative estimate of drug-likeness (QED) is 0.885. The lowest BCUT2D eigenvalue weighted by Gasteiger charge is -2.41. The van der Waals surface area contributed by atoms with Crippen molar-refractivity contribution < 1.29 is 4.74 Å². The molecule has 0 radical (unpaired) electrons.